The first-order valence-electron chi connectivity index (χ1n) is 6.70. The van der Waals surface area contributed by atoms with Crippen molar-refractivity contribution in [1.82, 2.24) is 5.32 Å². The molecular weight excluding hydrogens is 249 g/mol. The van der Waals surface area contributed by atoms with E-state index in [1.165, 1.54) is 0 Å². The standard InChI is InChI=1S/C15H23ClFN/c1-4-9-15(10-5-2,11-18-3)12-7-6-8-13(16)14(12)17/h6-8,18H,4-5,9-11H2,1-3H3. The molecule has 0 fully saturated rings. The molecule has 1 aromatic carbocycles. The van der Waals surface area contributed by atoms with Crippen molar-refractivity contribution in [2.24, 2.45) is 0 Å². The molecule has 0 saturated heterocycles. The molecule has 0 saturated carbocycles. The van der Waals surface area contributed by atoms with Crippen molar-refractivity contribution in [2.45, 2.75) is 44.9 Å². The number of nitrogens with one attached hydrogen (secondary N) is 1. The molecule has 3 heteroatoms. The molecule has 0 aliphatic rings. The maximum Gasteiger partial charge on any atom is 0.145 e. The summed E-state index contributed by atoms with van der Waals surface area (Å²) in [4.78, 5) is 0. The van der Waals surface area contributed by atoms with Gasteiger partial charge in [-0.1, -0.05) is 50.4 Å². The minimum Gasteiger partial charge on any atom is -0.319 e. The second kappa shape index (κ2) is 7.10. The van der Waals surface area contributed by atoms with E-state index in [-0.39, 0.29) is 16.3 Å². The summed E-state index contributed by atoms with van der Waals surface area (Å²) < 4.78 is 14.3. The lowest BCUT2D eigenvalue weighted by molar-refractivity contribution is 0.332. The van der Waals surface area contributed by atoms with E-state index in [0.29, 0.717) is 0 Å². The number of halogens is 2. The zero-order valence-corrected chi connectivity index (χ0v) is 12.3. The lowest BCUT2D eigenvalue weighted by Gasteiger charge is -2.34. The molecule has 18 heavy (non-hydrogen) atoms. The molecular formula is C15H23ClFN. The van der Waals surface area contributed by atoms with Gasteiger partial charge < -0.3 is 5.32 Å². The van der Waals surface area contributed by atoms with E-state index in [0.717, 1.165) is 37.8 Å². The van der Waals surface area contributed by atoms with Crippen molar-refractivity contribution in [2.75, 3.05) is 13.6 Å². The summed E-state index contributed by atoms with van der Waals surface area (Å²) in [5.41, 5.74) is 0.612. The van der Waals surface area contributed by atoms with E-state index >= 15 is 0 Å². The topological polar surface area (TPSA) is 12.0 Å². The Labute approximate surface area is 115 Å². The average molecular weight is 272 g/mol. The molecule has 0 unspecified atom stereocenters. The van der Waals surface area contributed by atoms with Crippen LogP contribution >= 0.6 is 11.6 Å². The Morgan fingerprint density at radius 2 is 1.83 bits per heavy atom. The second-order valence-electron chi connectivity index (χ2n) is 4.91. The third kappa shape index (κ3) is 3.24. The highest BCUT2D eigenvalue weighted by atomic mass is 35.5. The minimum atomic E-state index is -0.253. The molecule has 0 bridgehead atoms. The summed E-state index contributed by atoms with van der Waals surface area (Å²) in [6, 6.07) is 5.34. The molecule has 1 aromatic rings. The van der Waals surface area contributed by atoms with E-state index in [2.05, 4.69) is 19.2 Å². The molecule has 1 nitrogen and oxygen atoms in total. The van der Waals surface area contributed by atoms with Gasteiger partial charge in [0, 0.05) is 12.0 Å². The zero-order valence-electron chi connectivity index (χ0n) is 11.5. The normalized spacial score (nSPS) is 11.8. The van der Waals surface area contributed by atoms with Gasteiger partial charge in [0.2, 0.25) is 0 Å². The summed E-state index contributed by atoms with van der Waals surface area (Å²) in [6.07, 6.45) is 4.01. The molecule has 0 aromatic heterocycles. The molecule has 0 aliphatic heterocycles. The van der Waals surface area contributed by atoms with Gasteiger partial charge in [-0.25, -0.2) is 4.39 Å². The SMILES string of the molecule is CCCC(CCC)(CNC)c1cccc(Cl)c1F. The van der Waals surface area contributed by atoms with Crippen LogP contribution in [0.2, 0.25) is 5.02 Å². The quantitative estimate of drug-likeness (QED) is 0.768. The molecule has 102 valence electrons. The van der Waals surface area contributed by atoms with Crippen LogP contribution in [-0.4, -0.2) is 13.6 Å². The number of benzene rings is 1. The number of rotatable bonds is 7. The van der Waals surface area contributed by atoms with Gasteiger partial charge in [-0.05, 0) is 31.5 Å². The maximum absolute atomic E-state index is 14.3. The van der Waals surface area contributed by atoms with Crippen molar-refractivity contribution in [1.29, 1.82) is 0 Å². The molecule has 0 spiro atoms. The first-order valence-corrected chi connectivity index (χ1v) is 7.08. The van der Waals surface area contributed by atoms with Crippen molar-refractivity contribution in [3.63, 3.8) is 0 Å². The second-order valence-corrected chi connectivity index (χ2v) is 5.32. The Morgan fingerprint density at radius 1 is 1.22 bits per heavy atom. The van der Waals surface area contributed by atoms with Crippen LogP contribution in [0.3, 0.4) is 0 Å². The Kier molecular flexibility index (Phi) is 6.10. The monoisotopic (exact) mass is 271 g/mol. The van der Waals surface area contributed by atoms with Gasteiger partial charge >= 0.3 is 0 Å². The first-order chi connectivity index (χ1) is 8.61. The highest BCUT2D eigenvalue weighted by Crippen LogP contribution is 2.37. The maximum atomic E-state index is 14.3. The number of hydrogen-bond donors (Lipinski definition) is 1. The van der Waals surface area contributed by atoms with Gasteiger partial charge in [0.15, 0.2) is 0 Å². The summed E-state index contributed by atoms with van der Waals surface area (Å²) in [6.45, 7) is 5.07. The van der Waals surface area contributed by atoms with Crippen molar-refractivity contribution in [3.8, 4) is 0 Å². The Balaban J connectivity index is 3.25. The van der Waals surface area contributed by atoms with Gasteiger partial charge in [-0.3, -0.25) is 0 Å². The molecule has 0 aliphatic carbocycles. The van der Waals surface area contributed by atoms with Crippen LogP contribution in [0.25, 0.3) is 0 Å². The number of likely N-dealkylation sites (N-methyl/N-ethyl adjacent to an activating group) is 1. The van der Waals surface area contributed by atoms with Gasteiger partial charge in [-0.2, -0.15) is 0 Å². The van der Waals surface area contributed by atoms with Crippen molar-refractivity contribution < 1.29 is 4.39 Å². The fourth-order valence-corrected chi connectivity index (χ4v) is 3.05. The molecule has 0 amide bonds. The largest absolute Gasteiger partial charge is 0.319 e. The van der Waals surface area contributed by atoms with E-state index < -0.39 is 0 Å². The fourth-order valence-electron chi connectivity index (χ4n) is 2.88. The molecule has 0 atom stereocenters. The molecule has 0 heterocycles. The van der Waals surface area contributed by atoms with Crippen LogP contribution in [-0.2, 0) is 5.41 Å². The molecule has 1 rings (SSSR count). The third-order valence-corrected chi connectivity index (χ3v) is 3.79. The summed E-state index contributed by atoms with van der Waals surface area (Å²) in [5.74, 6) is -0.253. The van der Waals surface area contributed by atoms with Crippen LogP contribution in [0.5, 0.6) is 0 Å². The predicted molar refractivity (Wildman–Crippen MR) is 76.8 cm³/mol. The van der Waals surface area contributed by atoms with Crippen LogP contribution < -0.4 is 5.32 Å². The Morgan fingerprint density at radius 3 is 2.33 bits per heavy atom. The summed E-state index contributed by atoms with van der Waals surface area (Å²) in [5, 5.41) is 3.44. The summed E-state index contributed by atoms with van der Waals surface area (Å²) >= 11 is 5.92. The highest BCUT2D eigenvalue weighted by molar-refractivity contribution is 6.30. The molecule has 1 N–H and O–H groups in total. The van der Waals surface area contributed by atoms with Gasteiger partial charge in [-0.15, -0.1) is 0 Å². The minimum absolute atomic E-state index is 0.146. The van der Waals surface area contributed by atoms with Crippen LogP contribution in [0, 0.1) is 5.82 Å². The zero-order chi connectivity index (χ0) is 13.6. The van der Waals surface area contributed by atoms with Gasteiger partial charge in [0.1, 0.15) is 5.82 Å². The fraction of sp³-hybridized carbons (Fsp3) is 0.600. The van der Waals surface area contributed by atoms with Crippen molar-refractivity contribution in [3.05, 3.63) is 34.6 Å². The summed E-state index contributed by atoms with van der Waals surface area (Å²) in [7, 11) is 1.92. The van der Waals surface area contributed by atoms with E-state index in [1.807, 2.05) is 19.2 Å². The Bertz CT molecular complexity index is 362. The van der Waals surface area contributed by atoms with E-state index in [9.17, 15) is 4.39 Å². The van der Waals surface area contributed by atoms with Gasteiger partial charge in [0.25, 0.3) is 0 Å². The van der Waals surface area contributed by atoms with Gasteiger partial charge in [0.05, 0.1) is 5.02 Å². The smallest absolute Gasteiger partial charge is 0.145 e. The van der Waals surface area contributed by atoms with Crippen LogP contribution in [0.15, 0.2) is 18.2 Å². The average Bonchev–Trinajstić information content (AvgIpc) is 2.33. The van der Waals surface area contributed by atoms with Crippen molar-refractivity contribution >= 4 is 11.6 Å². The third-order valence-electron chi connectivity index (χ3n) is 3.50. The Hall–Kier alpha value is -0.600. The molecule has 0 radical (unpaired) electrons. The van der Waals surface area contributed by atoms with E-state index in [1.54, 1.807) is 6.07 Å². The van der Waals surface area contributed by atoms with Crippen LogP contribution in [0.1, 0.15) is 45.1 Å². The predicted octanol–water partition coefficient (Wildman–Crippen LogP) is 4.54. The lowest BCUT2D eigenvalue weighted by Crippen LogP contribution is -2.37. The van der Waals surface area contributed by atoms with Crippen LogP contribution in [0.4, 0.5) is 4.39 Å². The van der Waals surface area contributed by atoms with E-state index in [4.69, 9.17) is 11.6 Å². The lowest BCUT2D eigenvalue weighted by atomic mass is 9.73. The number of hydrogen-bond acceptors (Lipinski definition) is 1. The first kappa shape index (κ1) is 15.5. The highest BCUT2D eigenvalue weighted by Gasteiger charge is 2.32.